The number of rotatable bonds is 8. The Labute approximate surface area is 122 Å². The molecule has 1 aliphatic carbocycles. The highest BCUT2D eigenvalue weighted by Crippen LogP contribution is 2.64. The van der Waals surface area contributed by atoms with E-state index in [0.717, 1.165) is 38.9 Å². The van der Waals surface area contributed by atoms with Crippen LogP contribution in [0.5, 0.6) is 0 Å². The van der Waals surface area contributed by atoms with Crippen LogP contribution in [0.1, 0.15) is 25.7 Å². The largest absolute Gasteiger partial charge is 0.373 e. The Balaban J connectivity index is 1.68. The van der Waals surface area contributed by atoms with Crippen LogP contribution in [0.25, 0.3) is 0 Å². The highest BCUT2D eigenvalue weighted by atomic mass is 17.1. The summed E-state index contributed by atoms with van der Waals surface area (Å²) in [7, 11) is 0. The predicted octanol–water partition coefficient (Wildman–Crippen LogP) is 1.08. The smallest absolute Gasteiger partial charge is 0.0906 e. The van der Waals surface area contributed by atoms with Crippen molar-refractivity contribution in [2.24, 2.45) is 10.8 Å². The third kappa shape index (κ3) is 2.41. The maximum absolute atomic E-state index is 9.10. The molecule has 0 aromatic heterocycles. The number of epoxide rings is 3. The molecule has 3 aliphatic heterocycles. The molecule has 4 atom stereocenters. The van der Waals surface area contributed by atoms with Crippen LogP contribution in [0.4, 0.5) is 0 Å². The van der Waals surface area contributed by atoms with Gasteiger partial charge in [-0.1, -0.05) is 0 Å². The number of hydrogen-bond acceptors (Lipinski definition) is 7. The molecular formula is C14H22O7. The van der Waals surface area contributed by atoms with E-state index in [-0.39, 0.29) is 43.0 Å². The van der Waals surface area contributed by atoms with Crippen LogP contribution < -0.4 is 0 Å². The van der Waals surface area contributed by atoms with Crippen molar-refractivity contribution in [2.75, 3.05) is 26.4 Å². The van der Waals surface area contributed by atoms with Gasteiger partial charge in [0.05, 0.1) is 50.8 Å². The van der Waals surface area contributed by atoms with Gasteiger partial charge in [0.2, 0.25) is 0 Å². The molecule has 7 nitrogen and oxygen atoms in total. The maximum Gasteiger partial charge on any atom is 0.0906 e. The van der Waals surface area contributed by atoms with Gasteiger partial charge in [0.25, 0.3) is 0 Å². The molecule has 4 aliphatic rings. The van der Waals surface area contributed by atoms with Crippen molar-refractivity contribution in [3.05, 3.63) is 0 Å². The molecule has 0 radical (unpaired) electrons. The minimum absolute atomic E-state index is 0.116. The lowest BCUT2D eigenvalue weighted by atomic mass is 9.53. The fourth-order valence-corrected chi connectivity index (χ4v) is 4.47. The van der Waals surface area contributed by atoms with Crippen molar-refractivity contribution >= 4 is 0 Å². The van der Waals surface area contributed by atoms with Gasteiger partial charge >= 0.3 is 0 Å². The van der Waals surface area contributed by atoms with Crippen molar-refractivity contribution in [1.82, 2.24) is 0 Å². The third-order valence-corrected chi connectivity index (χ3v) is 5.76. The predicted molar refractivity (Wildman–Crippen MR) is 68.6 cm³/mol. The topological polar surface area (TPSA) is 96.5 Å². The monoisotopic (exact) mass is 302 g/mol. The van der Waals surface area contributed by atoms with E-state index < -0.39 is 5.41 Å². The second-order valence-corrected chi connectivity index (χ2v) is 6.94. The van der Waals surface area contributed by atoms with Crippen LogP contribution in [-0.2, 0) is 24.0 Å². The fourth-order valence-electron chi connectivity index (χ4n) is 4.47. The van der Waals surface area contributed by atoms with Gasteiger partial charge in [0, 0.05) is 10.8 Å². The fraction of sp³-hybridized carbons (Fsp3) is 1.00. The summed E-state index contributed by atoms with van der Waals surface area (Å²) < 4.78 is 16.8. The molecule has 4 unspecified atom stereocenters. The first kappa shape index (κ1) is 14.3. The van der Waals surface area contributed by atoms with Crippen LogP contribution in [-0.4, -0.2) is 61.4 Å². The van der Waals surface area contributed by atoms with Gasteiger partial charge in [-0.05, 0) is 25.7 Å². The summed E-state index contributed by atoms with van der Waals surface area (Å²) in [5, 5.41) is 18.2. The van der Waals surface area contributed by atoms with E-state index in [1.165, 1.54) is 0 Å². The molecule has 1 saturated carbocycles. The summed E-state index contributed by atoms with van der Waals surface area (Å²) in [5.74, 6) is 0. The zero-order valence-corrected chi connectivity index (χ0v) is 11.9. The lowest BCUT2D eigenvalue weighted by Gasteiger charge is -2.51. The molecule has 0 bridgehead atoms. The average molecular weight is 302 g/mol. The van der Waals surface area contributed by atoms with E-state index in [1.807, 2.05) is 0 Å². The number of ether oxygens (including phenoxy) is 3. The van der Waals surface area contributed by atoms with Crippen LogP contribution in [0.15, 0.2) is 0 Å². The lowest BCUT2D eigenvalue weighted by Crippen LogP contribution is -2.56. The van der Waals surface area contributed by atoms with E-state index in [9.17, 15) is 0 Å². The number of fused-ring (bicyclic) bond motifs is 1. The van der Waals surface area contributed by atoms with Crippen LogP contribution in [0, 0.1) is 10.8 Å². The summed E-state index contributed by atoms with van der Waals surface area (Å²) in [5.41, 5.74) is -0.726. The summed E-state index contributed by atoms with van der Waals surface area (Å²) in [6, 6.07) is 0. The molecular weight excluding hydrogens is 280 g/mol. The highest BCUT2D eigenvalue weighted by molar-refractivity contribution is 5.16. The van der Waals surface area contributed by atoms with E-state index in [2.05, 4.69) is 9.78 Å². The van der Waals surface area contributed by atoms with E-state index >= 15 is 0 Å². The Morgan fingerprint density at radius 1 is 1.00 bits per heavy atom. The Hall–Kier alpha value is -0.280. The van der Waals surface area contributed by atoms with Gasteiger partial charge in [-0.2, -0.15) is 0 Å². The van der Waals surface area contributed by atoms with Gasteiger partial charge in [-0.15, -0.1) is 0 Å². The molecule has 2 N–H and O–H groups in total. The van der Waals surface area contributed by atoms with Gasteiger partial charge < -0.3 is 14.2 Å². The van der Waals surface area contributed by atoms with Crippen molar-refractivity contribution in [2.45, 2.75) is 50.1 Å². The Bertz CT molecular complexity index is 373. The average Bonchev–Trinajstić information content (AvgIpc) is 3.31. The number of hydrogen-bond donors (Lipinski definition) is 2. The first-order valence-corrected chi connectivity index (χ1v) is 7.64. The first-order valence-electron chi connectivity index (χ1n) is 7.64. The molecule has 21 heavy (non-hydrogen) atoms. The quantitative estimate of drug-likeness (QED) is 0.393. The SMILES string of the molecule is OOCC1(COO)CCC2OC2C1(CC1CO1)CC1CO1. The van der Waals surface area contributed by atoms with Crippen molar-refractivity contribution in [3.63, 3.8) is 0 Å². The minimum Gasteiger partial charge on any atom is -0.373 e. The zero-order chi connectivity index (χ0) is 14.5. The highest BCUT2D eigenvalue weighted by Gasteiger charge is 2.69. The molecule has 7 heteroatoms. The lowest BCUT2D eigenvalue weighted by molar-refractivity contribution is -0.322. The standard InChI is InChI=1S/C14H22O7/c15-19-7-13(8-20-16)2-1-11-12(21-11)14(13,3-9-5-17-9)4-10-6-18-10/h9-12,15-16H,1-8H2. The van der Waals surface area contributed by atoms with Crippen molar-refractivity contribution < 1.29 is 34.5 Å². The summed E-state index contributed by atoms with van der Waals surface area (Å²) in [6.45, 7) is 1.78. The second-order valence-electron chi connectivity index (χ2n) is 6.94. The van der Waals surface area contributed by atoms with Crippen molar-refractivity contribution in [3.8, 4) is 0 Å². The Kier molecular flexibility index (Phi) is 3.50. The van der Waals surface area contributed by atoms with Crippen LogP contribution in [0.2, 0.25) is 0 Å². The van der Waals surface area contributed by atoms with E-state index in [4.69, 9.17) is 24.7 Å². The van der Waals surface area contributed by atoms with Crippen LogP contribution >= 0.6 is 0 Å². The van der Waals surface area contributed by atoms with Gasteiger partial charge in [-0.3, -0.25) is 10.5 Å². The Morgan fingerprint density at radius 2 is 1.57 bits per heavy atom. The Morgan fingerprint density at radius 3 is 2.05 bits per heavy atom. The zero-order valence-electron chi connectivity index (χ0n) is 11.9. The molecule has 0 spiro atoms. The van der Waals surface area contributed by atoms with Gasteiger partial charge in [-0.25, -0.2) is 9.78 Å². The molecule has 4 rings (SSSR count). The summed E-state index contributed by atoms with van der Waals surface area (Å²) in [4.78, 5) is 9.07. The third-order valence-electron chi connectivity index (χ3n) is 5.76. The minimum atomic E-state index is -0.480. The molecule has 120 valence electrons. The summed E-state index contributed by atoms with van der Waals surface area (Å²) in [6.07, 6.45) is 4.19. The molecule has 0 aromatic rings. The first-order chi connectivity index (χ1) is 10.2. The molecule has 3 saturated heterocycles. The van der Waals surface area contributed by atoms with Gasteiger partial charge in [0.15, 0.2) is 0 Å². The van der Waals surface area contributed by atoms with Gasteiger partial charge in [0.1, 0.15) is 0 Å². The molecule has 3 heterocycles. The normalized spacial score (nSPS) is 46.0. The van der Waals surface area contributed by atoms with E-state index in [0.29, 0.717) is 0 Å². The van der Waals surface area contributed by atoms with Crippen molar-refractivity contribution in [1.29, 1.82) is 0 Å². The van der Waals surface area contributed by atoms with E-state index in [1.54, 1.807) is 0 Å². The second kappa shape index (κ2) is 5.13. The van der Waals surface area contributed by atoms with Crippen LogP contribution in [0.3, 0.4) is 0 Å². The molecule has 0 amide bonds. The molecule has 0 aromatic carbocycles. The maximum atomic E-state index is 9.10. The summed E-state index contributed by atoms with van der Waals surface area (Å²) >= 11 is 0. The molecule has 4 fully saturated rings.